The van der Waals surface area contributed by atoms with Crippen molar-refractivity contribution in [1.82, 2.24) is 0 Å². The predicted octanol–water partition coefficient (Wildman–Crippen LogP) is 2.72. The van der Waals surface area contributed by atoms with E-state index in [-0.39, 0.29) is 17.7 Å². The number of hydrogen-bond donors (Lipinski definition) is 2. The number of hydrogen-bond acceptors (Lipinski definition) is 4. The Hall–Kier alpha value is -2.26. The molecule has 2 N–H and O–H groups in total. The molecule has 3 rings (SSSR count). The lowest BCUT2D eigenvalue weighted by atomic mass is 9.82. The monoisotopic (exact) mass is 314 g/mol. The summed E-state index contributed by atoms with van der Waals surface area (Å²) in [5.41, 5.74) is 0.614. The maximum Gasteiger partial charge on any atom is 0.307 e. The number of fused-ring (bicyclic) bond motifs is 2. The minimum absolute atomic E-state index is 0.0134. The quantitative estimate of drug-likeness (QED) is 0.506. The average Bonchev–Trinajstić information content (AvgIpc) is 3.10. The second kappa shape index (κ2) is 5.85. The predicted molar refractivity (Wildman–Crippen MR) is 81.9 cm³/mol. The third-order valence-corrected chi connectivity index (χ3v) is 4.93. The zero-order chi connectivity index (χ0) is 15.7. The van der Waals surface area contributed by atoms with Crippen LogP contribution in [0.5, 0.6) is 0 Å². The largest absolute Gasteiger partial charge is 0.481 e. The van der Waals surface area contributed by atoms with Crippen LogP contribution in [0.3, 0.4) is 0 Å². The molecular formula is C16H14N2O3S. The van der Waals surface area contributed by atoms with Gasteiger partial charge in [0.05, 0.1) is 11.8 Å². The van der Waals surface area contributed by atoms with Crippen molar-refractivity contribution in [3.63, 3.8) is 0 Å². The van der Waals surface area contributed by atoms with Crippen LogP contribution in [0.25, 0.3) is 0 Å². The lowest BCUT2D eigenvalue weighted by Crippen LogP contribution is -2.36. The number of amides is 1. The van der Waals surface area contributed by atoms with Crippen molar-refractivity contribution in [1.29, 1.82) is 5.26 Å². The molecule has 5 nitrogen and oxygen atoms in total. The summed E-state index contributed by atoms with van der Waals surface area (Å²) >= 11 is 1.05. The molecule has 22 heavy (non-hydrogen) atoms. The number of rotatable bonds is 4. The third kappa shape index (κ3) is 2.60. The summed E-state index contributed by atoms with van der Waals surface area (Å²) in [6.45, 7) is 0. The number of anilines is 1. The zero-order valence-electron chi connectivity index (χ0n) is 11.6. The minimum atomic E-state index is -0.905. The number of carbonyl (C=O) groups excluding carboxylic acids is 1. The Morgan fingerprint density at radius 2 is 1.82 bits per heavy atom. The van der Waals surface area contributed by atoms with Crippen LogP contribution in [-0.4, -0.2) is 17.0 Å². The SMILES string of the molecule is N#CSc1ccc(NC(=O)[C@@H]2[C@@H](C(=O)O)[C@H]3C=C[C@H]2C3)cc1. The van der Waals surface area contributed by atoms with Crippen molar-refractivity contribution in [2.75, 3.05) is 5.32 Å². The van der Waals surface area contributed by atoms with E-state index in [1.807, 2.05) is 17.6 Å². The van der Waals surface area contributed by atoms with Crippen LogP contribution in [0.15, 0.2) is 41.3 Å². The molecule has 6 heteroatoms. The number of allylic oxidation sites excluding steroid dienone is 2. The normalized spacial score (nSPS) is 28.3. The van der Waals surface area contributed by atoms with Gasteiger partial charge in [0.2, 0.25) is 5.91 Å². The number of benzene rings is 1. The Balaban J connectivity index is 1.73. The van der Waals surface area contributed by atoms with Gasteiger partial charge in [0, 0.05) is 10.6 Å². The molecule has 1 amide bonds. The zero-order valence-corrected chi connectivity index (χ0v) is 12.4. The number of carboxylic acid groups (broad SMARTS) is 1. The van der Waals surface area contributed by atoms with Gasteiger partial charge in [-0.25, -0.2) is 0 Å². The van der Waals surface area contributed by atoms with Crippen molar-refractivity contribution >= 4 is 29.3 Å². The van der Waals surface area contributed by atoms with Crippen LogP contribution < -0.4 is 5.32 Å². The molecule has 0 heterocycles. The van der Waals surface area contributed by atoms with E-state index in [0.29, 0.717) is 5.69 Å². The minimum Gasteiger partial charge on any atom is -0.481 e. The second-order valence-corrected chi connectivity index (χ2v) is 6.40. The number of aliphatic carboxylic acids is 1. The van der Waals surface area contributed by atoms with E-state index < -0.39 is 17.8 Å². The molecule has 0 aliphatic heterocycles. The smallest absolute Gasteiger partial charge is 0.307 e. The highest BCUT2D eigenvalue weighted by Crippen LogP contribution is 2.48. The van der Waals surface area contributed by atoms with E-state index in [0.717, 1.165) is 23.1 Å². The van der Waals surface area contributed by atoms with Crippen LogP contribution in [-0.2, 0) is 9.59 Å². The lowest BCUT2D eigenvalue weighted by Gasteiger charge is -2.23. The Morgan fingerprint density at radius 1 is 1.18 bits per heavy atom. The Bertz CT molecular complexity index is 678. The first kappa shape index (κ1) is 14.7. The summed E-state index contributed by atoms with van der Waals surface area (Å²) < 4.78 is 0. The van der Waals surface area contributed by atoms with Crippen LogP contribution in [0.2, 0.25) is 0 Å². The fraction of sp³-hybridized carbons (Fsp3) is 0.312. The number of nitriles is 1. The van der Waals surface area contributed by atoms with Crippen molar-refractivity contribution in [2.24, 2.45) is 23.7 Å². The van der Waals surface area contributed by atoms with Gasteiger partial charge in [0.25, 0.3) is 0 Å². The number of thioether (sulfide) groups is 1. The fourth-order valence-corrected chi connectivity index (χ4v) is 3.78. The molecule has 0 aromatic heterocycles. The summed E-state index contributed by atoms with van der Waals surface area (Å²) in [5.74, 6) is -2.32. The maximum atomic E-state index is 12.5. The molecule has 0 saturated heterocycles. The van der Waals surface area contributed by atoms with Gasteiger partial charge in [0.1, 0.15) is 5.40 Å². The van der Waals surface area contributed by atoms with Crippen molar-refractivity contribution in [3.8, 4) is 5.40 Å². The summed E-state index contributed by atoms with van der Waals surface area (Å²) in [4.78, 5) is 24.7. The number of nitrogens with one attached hydrogen (secondary N) is 1. The van der Waals surface area contributed by atoms with Gasteiger partial charge >= 0.3 is 5.97 Å². The van der Waals surface area contributed by atoms with Crippen LogP contribution in [0, 0.1) is 34.3 Å². The lowest BCUT2D eigenvalue weighted by molar-refractivity contribution is -0.146. The molecule has 2 aliphatic carbocycles. The highest BCUT2D eigenvalue weighted by molar-refractivity contribution is 8.03. The van der Waals surface area contributed by atoms with E-state index in [2.05, 4.69) is 5.32 Å². The molecular weight excluding hydrogens is 300 g/mol. The number of carbonyl (C=O) groups is 2. The summed E-state index contributed by atoms with van der Waals surface area (Å²) in [6, 6.07) is 6.94. The van der Waals surface area contributed by atoms with Crippen molar-refractivity contribution in [3.05, 3.63) is 36.4 Å². The van der Waals surface area contributed by atoms with Crippen LogP contribution in [0.1, 0.15) is 6.42 Å². The highest BCUT2D eigenvalue weighted by Gasteiger charge is 2.51. The fourth-order valence-electron chi connectivity index (χ4n) is 3.40. The van der Waals surface area contributed by atoms with E-state index in [1.54, 1.807) is 24.3 Å². The van der Waals surface area contributed by atoms with Crippen LogP contribution in [0.4, 0.5) is 5.69 Å². The van der Waals surface area contributed by atoms with E-state index in [1.165, 1.54) is 0 Å². The first-order valence-corrected chi connectivity index (χ1v) is 7.80. The molecule has 1 saturated carbocycles. The molecule has 112 valence electrons. The molecule has 1 aromatic rings. The number of nitrogens with zero attached hydrogens (tertiary/aromatic N) is 1. The highest BCUT2D eigenvalue weighted by atomic mass is 32.2. The molecule has 0 radical (unpaired) electrons. The van der Waals surface area contributed by atoms with E-state index in [4.69, 9.17) is 5.26 Å². The third-order valence-electron chi connectivity index (χ3n) is 4.33. The van der Waals surface area contributed by atoms with Gasteiger partial charge in [-0.3, -0.25) is 9.59 Å². The molecule has 1 fully saturated rings. The Morgan fingerprint density at radius 3 is 2.41 bits per heavy atom. The standard InChI is InChI=1S/C16H14N2O3S/c17-8-22-12-5-3-11(4-6-12)18-15(19)13-9-1-2-10(7-9)14(13)16(20)21/h1-6,9-10,13-14H,7H2,(H,18,19)(H,20,21)/t9-,10-,13-,14-/m0/s1. The van der Waals surface area contributed by atoms with E-state index >= 15 is 0 Å². The molecule has 0 spiro atoms. The van der Waals surface area contributed by atoms with Gasteiger partial charge in [-0.2, -0.15) is 5.26 Å². The number of carboxylic acids is 1. The van der Waals surface area contributed by atoms with Crippen LogP contribution >= 0.6 is 11.8 Å². The van der Waals surface area contributed by atoms with Crippen molar-refractivity contribution < 1.29 is 14.7 Å². The molecule has 2 bridgehead atoms. The summed E-state index contributed by atoms with van der Waals surface area (Å²) in [5, 5.41) is 22.7. The second-order valence-electron chi connectivity index (χ2n) is 5.55. The number of thiocyanates is 1. The average molecular weight is 314 g/mol. The van der Waals surface area contributed by atoms with Gasteiger partial charge in [0.15, 0.2) is 0 Å². The van der Waals surface area contributed by atoms with E-state index in [9.17, 15) is 14.7 Å². The molecule has 0 unspecified atom stereocenters. The molecule has 2 aliphatic rings. The Labute approximate surface area is 132 Å². The molecule has 1 aromatic carbocycles. The first-order valence-electron chi connectivity index (χ1n) is 6.98. The molecule has 4 atom stereocenters. The van der Waals surface area contributed by atoms with Gasteiger partial charge in [-0.1, -0.05) is 12.2 Å². The topological polar surface area (TPSA) is 90.2 Å². The summed E-state index contributed by atoms with van der Waals surface area (Å²) in [7, 11) is 0. The summed E-state index contributed by atoms with van der Waals surface area (Å²) in [6.07, 6.45) is 4.62. The Kier molecular flexibility index (Phi) is 3.90. The van der Waals surface area contributed by atoms with Gasteiger partial charge < -0.3 is 10.4 Å². The maximum absolute atomic E-state index is 12.5. The van der Waals surface area contributed by atoms with Gasteiger partial charge in [-0.05, 0) is 54.3 Å². The first-order chi connectivity index (χ1) is 10.6. The van der Waals surface area contributed by atoms with Crippen molar-refractivity contribution in [2.45, 2.75) is 11.3 Å². The van der Waals surface area contributed by atoms with Gasteiger partial charge in [-0.15, -0.1) is 0 Å².